The van der Waals surface area contributed by atoms with Crippen molar-refractivity contribution in [1.82, 2.24) is 25.1 Å². The van der Waals surface area contributed by atoms with Gasteiger partial charge in [0, 0.05) is 44.3 Å². The summed E-state index contributed by atoms with van der Waals surface area (Å²) in [6.07, 6.45) is 7.25. The maximum atomic E-state index is 9.14. The first-order chi connectivity index (χ1) is 15.2. The Kier molecular flexibility index (Phi) is 6.49. The van der Waals surface area contributed by atoms with Gasteiger partial charge in [-0.3, -0.25) is 20.0 Å². The highest BCUT2D eigenvalue weighted by Crippen LogP contribution is 2.28. The molecule has 0 saturated carbocycles. The standard InChI is InChI=1S/C23H27N7O/c1-17(5-4-8-24-2)20-15-18-21(16-25-20)27-28-23(18)19-6-3-7-22(26-19)30-11-9-29(10-12-30)13-14-31/h3-8,15-16,31H,2,9-14H2,1H3,(H,27,28)/b8-4-,17-5+. The van der Waals surface area contributed by atoms with Gasteiger partial charge in [0.1, 0.15) is 11.5 Å². The fourth-order valence-corrected chi connectivity index (χ4v) is 3.73. The van der Waals surface area contributed by atoms with Crippen molar-refractivity contribution in [3.63, 3.8) is 0 Å². The molecular weight excluding hydrogens is 390 g/mol. The lowest BCUT2D eigenvalue weighted by Gasteiger charge is -2.35. The van der Waals surface area contributed by atoms with Crippen molar-refractivity contribution in [3.05, 3.63) is 54.5 Å². The zero-order valence-electron chi connectivity index (χ0n) is 17.7. The summed E-state index contributed by atoms with van der Waals surface area (Å²) in [4.78, 5) is 17.7. The van der Waals surface area contributed by atoms with Crippen molar-refractivity contribution in [2.75, 3.05) is 44.2 Å². The largest absolute Gasteiger partial charge is 0.395 e. The van der Waals surface area contributed by atoms with Gasteiger partial charge in [-0.05, 0) is 43.5 Å². The number of allylic oxidation sites excluding steroid dienone is 3. The number of piperazine rings is 1. The number of β-amino-alcohol motifs (C(OH)–C–C–N with tert-alkyl or cyclic N) is 1. The van der Waals surface area contributed by atoms with Crippen LogP contribution in [0.1, 0.15) is 12.6 Å². The zero-order valence-corrected chi connectivity index (χ0v) is 17.7. The van der Waals surface area contributed by atoms with Crippen molar-refractivity contribution in [2.45, 2.75) is 6.92 Å². The van der Waals surface area contributed by atoms with Gasteiger partial charge >= 0.3 is 0 Å². The molecule has 4 heterocycles. The van der Waals surface area contributed by atoms with Crippen LogP contribution in [0, 0.1) is 0 Å². The Balaban J connectivity index is 1.61. The Morgan fingerprint density at radius 3 is 2.90 bits per heavy atom. The number of anilines is 1. The van der Waals surface area contributed by atoms with Gasteiger partial charge in [-0.1, -0.05) is 12.1 Å². The number of nitrogens with one attached hydrogen (secondary N) is 1. The first-order valence-electron chi connectivity index (χ1n) is 10.4. The van der Waals surface area contributed by atoms with Crippen molar-refractivity contribution >= 4 is 29.0 Å². The Morgan fingerprint density at radius 2 is 2.13 bits per heavy atom. The Bertz CT molecular complexity index is 1110. The van der Waals surface area contributed by atoms with E-state index in [1.807, 2.05) is 43.3 Å². The molecule has 1 aliphatic heterocycles. The van der Waals surface area contributed by atoms with E-state index in [4.69, 9.17) is 10.1 Å². The van der Waals surface area contributed by atoms with Gasteiger partial charge in [0.25, 0.3) is 0 Å². The molecule has 8 heteroatoms. The second-order valence-electron chi connectivity index (χ2n) is 7.49. The summed E-state index contributed by atoms with van der Waals surface area (Å²) < 4.78 is 0. The molecule has 1 aliphatic rings. The van der Waals surface area contributed by atoms with Gasteiger partial charge in [0.2, 0.25) is 0 Å². The van der Waals surface area contributed by atoms with Gasteiger partial charge in [-0.15, -0.1) is 0 Å². The minimum Gasteiger partial charge on any atom is -0.395 e. The average molecular weight is 418 g/mol. The maximum Gasteiger partial charge on any atom is 0.129 e. The van der Waals surface area contributed by atoms with Gasteiger partial charge in [0.05, 0.1) is 29.7 Å². The lowest BCUT2D eigenvalue weighted by atomic mass is 10.1. The molecule has 1 fully saturated rings. The molecule has 8 nitrogen and oxygen atoms in total. The van der Waals surface area contributed by atoms with E-state index < -0.39 is 0 Å². The zero-order chi connectivity index (χ0) is 21.6. The topological polar surface area (TPSA) is 93.5 Å². The molecule has 0 unspecified atom stereocenters. The molecule has 0 aliphatic carbocycles. The van der Waals surface area contributed by atoms with Crippen LogP contribution in [0.3, 0.4) is 0 Å². The predicted octanol–water partition coefficient (Wildman–Crippen LogP) is 2.75. The monoisotopic (exact) mass is 417 g/mol. The molecule has 1 saturated heterocycles. The van der Waals surface area contributed by atoms with E-state index >= 15 is 0 Å². The second kappa shape index (κ2) is 9.63. The van der Waals surface area contributed by atoms with Crippen molar-refractivity contribution in [2.24, 2.45) is 4.99 Å². The summed E-state index contributed by atoms with van der Waals surface area (Å²) in [5, 5.41) is 17.7. The Morgan fingerprint density at radius 1 is 1.29 bits per heavy atom. The molecule has 2 N–H and O–H groups in total. The molecule has 4 rings (SSSR count). The first kappa shape index (κ1) is 20.9. The van der Waals surface area contributed by atoms with Crippen LogP contribution in [0.4, 0.5) is 5.82 Å². The number of aromatic nitrogens is 4. The van der Waals surface area contributed by atoms with Crippen molar-refractivity contribution in [3.8, 4) is 11.4 Å². The summed E-state index contributed by atoms with van der Waals surface area (Å²) in [6, 6.07) is 8.10. The lowest BCUT2D eigenvalue weighted by Crippen LogP contribution is -2.47. The highest BCUT2D eigenvalue weighted by Gasteiger charge is 2.19. The highest BCUT2D eigenvalue weighted by atomic mass is 16.3. The molecule has 3 aromatic rings. The summed E-state index contributed by atoms with van der Waals surface area (Å²) in [5.41, 5.74) is 4.42. The van der Waals surface area contributed by atoms with Crippen LogP contribution in [0.2, 0.25) is 0 Å². The van der Waals surface area contributed by atoms with Gasteiger partial charge < -0.3 is 10.0 Å². The summed E-state index contributed by atoms with van der Waals surface area (Å²) >= 11 is 0. The van der Waals surface area contributed by atoms with E-state index in [2.05, 4.69) is 36.7 Å². The van der Waals surface area contributed by atoms with E-state index in [9.17, 15) is 0 Å². The minimum atomic E-state index is 0.201. The van der Waals surface area contributed by atoms with Gasteiger partial charge in [0.15, 0.2) is 0 Å². The average Bonchev–Trinajstić information content (AvgIpc) is 3.23. The summed E-state index contributed by atoms with van der Waals surface area (Å²) in [5.74, 6) is 0.949. The number of aliphatic hydroxyl groups excluding tert-OH is 1. The number of fused-ring (bicyclic) bond motifs is 1. The molecule has 160 valence electrons. The lowest BCUT2D eigenvalue weighted by molar-refractivity contribution is 0.188. The Hall–Kier alpha value is -3.36. The van der Waals surface area contributed by atoms with Crippen LogP contribution in [0.25, 0.3) is 27.9 Å². The smallest absolute Gasteiger partial charge is 0.129 e. The van der Waals surface area contributed by atoms with Crippen LogP contribution >= 0.6 is 0 Å². The third kappa shape index (κ3) is 4.70. The molecule has 0 aromatic carbocycles. The molecule has 0 bridgehead atoms. The Labute approximate surface area is 181 Å². The molecule has 0 atom stereocenters. The third-order valence-corrected chi connectivity index (χ3v) is 5.48. The fraction of sp³-hybridized carbons (Fsp3) is 0.304. The SMILES string of the molecule is C=N/C=C\C=C(/C)c1cc2c(-c3cccc(N4CCN(CCO)CC4)n3)n[nH]c2cn1. The summed E-state index contributed by atoms with van der Waals surface area (Å²) in [6.45, 7) is 10.0. The van der Waals surface area contributed by atoms with Crippen molar-refractivity contribution < 1.29 is 5.11 Å². The van der Waals surface area contributed by atoms with Crippen LogP contribution in [0.5, 0.6) is 0 Å². The van der Waals surface area contributed by atoms with Crippen LogP contribution < -0.4 is 4.90 Å². The first-order valence-corrected chi connectivity index (χ1v) is 10.4. The third-order valence-electron chi connectivity index (χ3n) is 5.48. The van der Waals surface area contributed by atoms with Crippen LogP contribution in [0.15, 0.2) is 53.8 Å². The molecule has 3 aromatic heterocycles. The number of H-pyrrole nitrogens is 1. The molecule has 31 heavy (non-hydrogen) atoms. The molecular formula is C23H27N7O. The quantitative estimate of drug-likeness (QED) is 0.454. The predicted molar refractivity (Wildman–Crippen MR) is 125 cm³/mol. The number of rotatable bonds is 7. The highest BCUT2D eigenvalue weighted by molar-refractivity contribution is 5.93. The van der Waals surface area contributed by atoms with Crippen molar-refractivity contribution in [1.29, 1.82) is 0 Å². The van der Waals surface area contributed by atoms with Crippen LogP contribution in [-0.4, -0.2) is 76.2 Å². The van der Waals surface area contributed by atoms with E-state index in [1.165, 1.54) is 0 Å². The maximum absolute atomic E-state index is 9.14. The van der Waals surface area contributed by atoms with Gasteiger partial charge in [-0.25, -0.2) is 4.98 Å². The number of nitrogens with zero attached hydrogens (tertiary/aromatic N) is 6. The number of aromatic amines is 1. The van der Waals surface area contributed by atoms with Gasteiger partial charge in [-0.2, -0.15) is 5.10 Å². The molecule has 0 radical (unpaired) electrons. The number of aliphatic imine (C=N–C) groups is 1. The van der Waals surface area contributed by atoms with E-state index in [-0.39, 0.29) is 6.61 Å². The minimum absolute atomic E-state index is 0.201. The van der Waals surface area contributed by atoms with Crippen LogP contribution in [-0.2, 0) is 0 Å². The van der Waals surface area contributed by atoms with E-state index in [0.29, 0.717) is 0 Å². The molecule has 0 spiro atoms. The number of hydrogen-bond acceptors (Lipinski definition) is 7. The number of pyridine rings is 2. The van der Waals surface area contributed by atoms with E-state index in [1.54, 1.807) is 12.4 Å². The normalized spacial score (nSPS) is 15.8. The fourth-order valence-electron chi connectivity index (χ4n) is 3.73. The second-order valence-corrected chi connectivity index (χ2v) is 7.49. The molecule has 0 amide bonds. The summed E-state index contributed by atoms with van der Waals surface area (Å²) in [7, 11) is 0. The number of aliphatic hydroxyl groups is 1. The van der Waals surface area contributed by atoms with E-state index in [0.717, 1.165) is 72.1 Å². The number of hydrogen-bond donors (Lipinski definition) is 2.